The Hall–Kier alpha value is -1.77. The summed E-state index contributed by atoms with van der Waals surface area (Å²) < 4.78 is 0. The Labute approximate surface area is 83.2 Å². The number of anilines is 2. The maximum Gasteiger partial charge on any atom is 0.0936 e. The molecule has 0 fully saturated rings. The van der Waals surface area contributed by atoms with Crippen molar-refractivity contribution < 1.29 is 0 Å². The SMILES string of the molecule is CN(C)c1cccc2cc(N)cnc12. The van der Waals surface area contributed by atoms with Gasteiger partial charge in [-0.05, 0) is 12.1 Å². The fourth-order valence-corrected chi connectivity index (χ4v) is 1.52. The molecular formula is C11H13N3. The van der Waals surface area contributed by atoms with E-state index in [1.165, 1.54) is 0 Å². The third-order valence-electron chi connectivity index (χ3n) is 2.19. The second kappa shape index (κ2) is 3.18. The number of pyridine rings is 1. The Balaban J connectivity index is 2.75. The summed E-state index contributed by atoms with van der Waals surface area (Å²) in [4.78, 5) is 6.38. The van der Waals surface area contributed by atoms with E-state index in [0.29, 0.717) is 5.69 Å². The molecule has 14 heavy (non-hydrogen) atoms. The van der Waals surface area contributed by atoms with Crippen LogP contribution in [-0.2, 0) is 0 Å². The van der Waals surface area contributed by atoms with Crippen LogP contribution in [0.4, 0.5) is 11.4 Å². The molecule has 0 saturated heterocycles. The van der Waals surface area contributed by atoms with Crippen LogP contribution in [0.2, 0.25) is 0 Å². The molecule has 0 amide bonds. The number of aromatic nitrogens is 1. The predicted octanol–water partition coefficient (Wildman–Crippen LogP) is 1.88. The van der Waals surface area contributed by atoms with E-state index >= 15 is 0 Å². The van der Waals surface area contributed by atoms with Crippen LogP contribution in [0.5, 0.6) is 0 Å². The number of para-hydroxylation sites is 1. The molecule has 0 saturated carbocycles. The fraction of sp³-hybridized carbons (Fsp3) is 0.182. The number of rotatable bonds is 1. The summed E-state index contributed by atoms with van der Waals surface area (Å²) in [5.41, 5.74) is 8.48. The van der Waals surface area contributed by atoms with Gasteiger partial charge in [-0.1, -0.05) is 12.1 Å². The largest absolute Gasteiger partial charge is 0.397 e. The first kappa shape index (κ1) is 8.81. The van der Waals surface area contributed by atoms with Gasteiger partial charge >= 0.3 is 0 Å². The number of fused-ring (bicyclic) bond motifs is 1. The highest BCUT2D eigenvalue weighted by Crippen LogP contribution is 2.24. The lowest BCUT2D eigenvalue weighted by Crippen LogP contribution is -2.09. The quantitative estimate of drug-likeness (QED) is 0.741. The molecule has 1 aromatic heterocycles. The first-order valence-electron chi connectivity index (χ1n) is 4.50. The maximum absolute atomic E-state index is 5.67. The van der Waals surface area contributed by atoms with E-state index in [1.54, 1.807) is 6.20 Å². The van der Waals surface area contributed by atoms with E-state index in [1.807, 2.05) is 43.3 Å². The lowest BCUT2D eigenvalue weighted by atomic mass is 10.2. The Morgan fingerprint density at radius 2 is 2.07 bits per heavy atom. The van der Waals surface area contributed by atoms with Gasteiger partial charge in [0.25, 0.3) is 0 Å². The number of nitrogen functional groups attached to an aromatic ring is 1. The van der Waals surface area contributed by atoms with Gasteiger partial charge in [0.2, 0.25) is 0 Å². The normalized spacial score (nSPS) is 10.4. The molecule has 3 heteroatoms. The van der Waals surface area contributed by atoms with E-state index in [4.69, 9.17) is 5.73 Å². The molecule has 1 aromatic carbocycles. The Kier molecular flexibility index (Phi) is 2.00. The van der Waals surface area contributed by atoms with Gasteiger partial charge in [0.15, 0.2) is 0 Å². The maximum atomic E-state index is 5.67. The number of nitrogens with two attached hydrogens (primary N) is 1. The molecule has 1 heterocycles. The van der Waals surface area contributed by atoms with Crippen molar-refractivity contribution in [2.24, 2.45) is 0 Å². The number of hydrogen-bond acceptors (Lipinski definition) is 3. The van der Waals surface area contributed by atoms with Gasteiger partial charge in [0.1, 0.15) is 0 Å². The molecule has 0 aliphatic rings. The van der Waals surface area contributed by atoms with E-state index in [-0.39, 0.29) is 0 Å². The second-order valence-electron chi connectivity index (χ2n) is 3.51. The van der Waals surface area contributed by atoms with Crippen molar-refractivity contribution in [3.05, 3.63) is 30.5 Å². The minimum atomic E-state index is 0.702. The van der Waals surface area contributed by atoms with Crippen molar-refractivity contribution in [3.8, 4) is 0 Å². The van der Waals surface area contributed by atoms with Crippen molar-refractivity contribution >= 4 is 22.3 Å². The molecule has 0 unspecified atom stereocenters. The molecule has 0 radical (unpaired) electrons. The van der Waals surface area contributed by atoms with E-state index in [2.05, 4.69) is 4.98 Å². The number of hydrogen-bond donors (Lipinski definition) is 1. The van der Waals surface area contributed by atoms with Crippen LogP contribution >= 0.6 is 0 Å². The standard InChI is InChI=1S/C11H13N3/c1-14(2)10-5-3-4-8-6-9(12)7-13-11(8)10/h3-7H,12H2,1-2H3. The fourth-order valence-electron chi connectivity index (χ4n) is 1.52. The van der Waals surface area contributed by atoms with Gasteiger partial charge in [0.05, 0.1) is 23.1 Å². The summed E-state index contributed by atoms with van der Waals surface area (Å²) in [6.07, 6.45) is 1.69. The van der Waals surface area contributed by atoms with Crippen LogP contribution < -0.4 is 10.6 Å². The minimum Gasteiger partial charge on any atom is -0.397 e. The van der Waals surface area contributed by atoms with Crippen molar-refractivity contribution in [3.63, 3.8) is 0 Å². The Bertz CT molecular complexity index is 463. The van der Waals surface area contributed by atoms with Crippen LogP contribution in [0.15, 0.2) is 30.5 Å². The van der Waals surface area contributed by atoms with Gasteiger partial charge < -0.3 is 10.6 Å². The molecule has 72 valence electrons. The smallest absolute Gasteiger partial charge is 0.0936 e. The van der Waals surface area contributed by atoms with Crippen LogP contribution in [0.3, 0.4) is 0 Å². The molecule has 2 rings (SSSR count). The van der Waals surface area contributed by atoms with Gasteiger partial charge in [-0.2, -0.15) is 0 Å². The summed E-state index contributed by atoms with van der Waals surface area (Å²) >= 11 is 0. The zero-order valence-corrected chi connectivity index (χ0v) is 8.36. The molecule has 0 bridgehead atoms. The van der Waals surface area contributed by atoms with Gasteiger partial charge in [-0.25, -0.2) is 0 Å². The first-order valence-corrected chi connectivity index (χ1v) is 4.50. The van der Waals surface area contributed by atoms with Crippen LogP contribution in [0.1, 0.15) is 0 Å². The van der Waals surface area contributed by atoms with E-state index < -0.39 is 0 Å². The molecule has 2 N–H and O–H groups in total. The van der Waals surface area contributed by atoms with Crippen molar-refractivity contribution in [1.29, 1.82) is 0 Å². The monoisotopic (exact) mass is 187 g/mol. The molecule has 0 aliphatic carbocycles. The van der Waals surface area contributed by atoms with E-state index in [0.717, 1.165) is 16.6 Å². The summed E-state index contributed by atoms with van der Waals surface area (Å²) in [7, 11) is 4.01. The second-order valence-corrected chi connectivity index (χ2v) is 3.51. The Morgan fingerprint density at radius 3 is 2.79 bits per heavy atom. The van der Waals surface area contributed by atoms with Crippen LogP contribution in [0.25, 0.3) is 10.9 Å². The van der Waals surface area contributed by atoms with Crippen LogP contribution in [0, 0.1) is 0 Å². The van der Waals surface area contributed by atoms with Crippen LogP contribution in [-0.4, -0.2) is 19.1 Å². The van der Waals surface area contributed by atoms with Crippen molar-refractivity contribution in [2.75, 3.05) is 24.7 Å². The lowest BCUT2D eigenvalue weighted by Gasteiger charge is -2.14. The van der Waals surface area contributed by atoms with Gasteiger partial charge in [-0.3, -0.25) is 4.98 Å². The molecular weight excluding hydrogens is 174 g/mol. The Morgan fingerprint density at radius 1 is 1.29 bits per heavy atom. The topological polar surface area (TPSA) is 42.1 Å². The molecule has 0 spiro atoms. The summed E-state index contributed by atoms with van der Waals surface area (Å²) in [6.45, 7) is 0. The minimum absolute atomic E-state index is 0.702. The zero-order chi connectivity index (χ0) is 10.1. The highest BCUT2D eigenvalue weighted by molar-refractivity contribution is 5.91. The summed E-state index contributed by atoms with van der Waals surface area (Å²) in [5.74, 6) is 0. The van der Waals surface area contributed by atoms with Gasteiger partial charge in [0, 0.05) is 19.5 Å². The average molecular weight is 187 g/mol. The molecule has 3 nitrogen and oxygen atoms in total. The van der Waals surface area contributed by atoms with E-state index in [9.17, 15) is 0 Å². The average Bonchev–Trinajstić information content (AvgIpc) is 2.16. The van der Waals surface area contributed by atoms with Gasteiger partial charge in [-0.15, -0.1) is 0 Å². The van der Waals surface area contributed by atoms with Crippen molar-refractivity contribution in [1.82, 2.24) is 4.98 Å². The third kappa shape index (κ3) is 1.37. The lowest BCUT2D eigenvalue weighted by molar-refractivity contribution is 1.13. The van der Waals surface area contributed by atoms with Crippen molar-refractivity contribution in [2.45, 2.75) is 0 Å². The third-order valence-corrected chi connectivity index (χ3v) is 2.19. The first-order chi connectivity index (χ1) is 6.68. The summed E-state index contributed by atoms with van der Waals surface area (Å²) in [6, 6.07) is 8.02. The molecule has 2 aromatic rings. The zero-order valence-electron chi connectivity index (χ0n) is 8.36. The number of benzene rings is 1. The highest BCUT2D eigenvalue weighted by Gasteiger charge is 2.03. The highest BCUT2D eigenvalue weighted by atomic mass is 15.1. The number of nitrogens with zero attached hydrogens (tertiary/aromatic N) is 2. The summed E-state index contributed by atoms with van der Waals surface area (Å²) in [5, 5.41) is 1.08. The molecule has 0 aliphatic heterocycles. The molecule has 0 atom stereocenters. The predicted molar refractivity (Wildman–Crippen MR) is 60.5 cm³/mol.